The Morgan fingerprint density at radius 2 is 1.95 bits per heavy atom. The zero-order valence-electron chi connectivity index (χ0n) is 13.6. The highest BCUT2D eigenvalue weighted by Crippen LogP contribution is 2.10. The summed E-state index contributed by atoms with van der Waals surface area (Å²) in [6, 6.07) is 6.77. The highest BCUT2D eigenvalue weighted by molar-refractivity contribution is 7.89. The van der Waals surface area contributed by atoms with Gasteiger partial charge in [0.15, 0.2) is 0 Å². The van der Waals surface area contributed by atoms with Crippen LogP contribution in [0.4, 0.5) is 0 Å². The number of aryl methyl sites for hydroxylation is 1. The van der Waals surface area contributed by atoms with Crippen molar-refractivity contribution in [2.45, 2.75) is 44.9 Å². The molecular formula is C16H26N2O3S. The largest absolute Gasteiger partial charge is 0.342 e. The number of hydrogen-bond donors (Lipinski definition) is 1. The smallest absolute Gasteiger partial charge is 0.240 e. The third kappa shape index (κ3) is 6.15. The Kier molecular flexibility index (Phi) is 7.55. The molecule has 6 heteroatoms. The van der Waals surface area contributed by atoms with Crippen molar-refractivity contribution in [3.8, 4) is 0 Å². The zero-order chi connectivity index (χ0) is 16.6. The first-order valence-corrected chi connectivity index (χ1v) is 9.17. The number of nitrogens with zero attached hydrogens (tertiary/aromatic N) is 1. The van der Waals surface area contributed by atoms with Gasteiger partial charge in [-0.2, -0.15) is 0 Å². The van der Waals surface area contributed by atoms with Crippen molar-refractivity contribution < 1.29 is 13.2 Å². The van der Waals surface area contributed by atoms with E-state index in [9.17, 15) is 13.2 Å². The molecule has 0 aromatic heterocycles. The van der Waals surface area contributed by atoms with Gasteiger partial charge in [-0.1, -0.05) is 31.9 Å². The van der Waals surface area contributed by atoms with Gasteiger partial charge in [-0.05, 0) is 31.0 Å². The fourth-order valence-corrected chi connectivity index (χ4v) is 3.29. The van der Waals surface area contributed by atoms with Gasteiger partial charge in [-0.3, -0.25) is 4.79 Å². The van der Waals surface area contributed by atoms with E-state index in [1.165, 1.54) is 6.92 Å². The monoisotopic (exact) mass is 326 g/mol. The van der Waals surface area contributed by atoms with Gasteiger partial charge in [-0.25, -0.2) is 13.1 Å². The second-order valence-corrected chi connectivity index (χ2v) is 7.19. The summed E-state index contributed by atoms with van der Waals surface area (Å²) in [5.74, 6) is -0.0224. The molecule has 1 rings (SSSR count). The van der Waals surface area contributed by atoms with Crippen LogP contribution in [-0.2, 0) is 14.8 Å². The molecule has 0 spiro atoms. The van der Waals surface area contributed by atoms with Crippen molar-refractivity contribution in [3.63, 3.8) is 0 Å². The number of sulfonamides is 1. The highest BCUT2D eigenvalue weighted by atomic mass is 32.2. The molecule has 0 aliphatic heterocycles. The fraction of sp³-hybridized carbons (Fsp3) is 0.562. The van der Waals surface area contributed by atoms with Crippen LogP contribution in [0.15, 0.2) is 29.2 Å². The van der Waals surface area contributed by atoms with Gasteiger partial charge in [0.25, 0.3) is 0 Å². The lowest BCUT2D eigenvalue weighted by Gasteiger charge is -2.21. The van der Waals surface area contributed by atoms with Crippen molar-refractivity contribution in [3.05, 3.63) is 29.8 Å². The first kappa shape index (κ1) is 18.6. The molecule has 0 saturated heterocycles. The summed E-state index contributed by atoms with van der Waals surface area (Å²) in [4.78, 5) is 13.5. The van der Waals surface area contributed by atoms with Crippen molar-refractivity contribution in [2.24, 2.45) is 0 Å². The van der Waals surface area contributed by atoms with E-state index in [2.05, 4.69) is 11.6 Å². The minimum absolute atomic E-state index is 0.0224. The Balaban J connectivity index is 2.55. The second kappa shape index (κ2) is 8.90. The number of rotatable bonds is 9. The van der Waals surface area contributed by atoms with Gasteiger partial charge in [0.05, 0.1) is 4.90 Å². The van der Waals surface area contributed by atoms with Crippen LogP contribution in [0.3, 0.4) is 0 Å². The van der Waals surface area contributed by atoms with Crippen LogP contribution in [0.2, 0.25) is 0 Å². The minimum Gasteiger partial charge on any atom is -0.342 e. The second-order valence-electron chi connectivity index (χ2n) is 5.43. The Morgan fingerprint density at radius 3 is 2.55 bits per heavy atom. The molecule has 0 unspecified atom stereocenters. The van der Waals surface area contributed by atoms with Crippen molar-refractivity contribution in [1.82, 2.24) is 9.62 Å². The van der Waals surface area contributed by atoms with Gasteiger partial charge in [-0.15, -0.1) is 0 Å². The summed E-state index contributed by atoms with van der Waals surface area (Å²) < 4.78 is 26.9. The molecule has 5 nitrogen and oxygen atoms in total. The van der Waals surface area contributed by atoms with Gasteiger partial charge >= 0.3 is 0 Å². The number of unbranched alkanes of at least 4 members (excludes halogenated alkanes) is 2. The van der Waals surface area contributed by atoms with E-state index < -0.39 is 10.0 Å². The van der Waals surface area contributed by atoms with E-state index in [0.29, 0.717) is 13.1 Å². The van der Waals surface area contributed by atoms with Crippen molar-refractivity contribution in [1.29, 1.82) is 0 Å². The predicted molar refractivity (Wildman–Crippen MR) is 88.1 cm³/mol. The molecule has 0 aliphatic rings. The standard InChI is InChI=1S/C16H26N2O3S/c1-4-5-6-11-18(15(3)19)12-10-17-22(20,21)16-9-7-8-14(2)13-16/h7-9,13,17H,4-6,10-12H2,1-3H3. The molecule has 1 amide bonds. The summed E-state index contributed by atoms with van der Waals surface area (Å²) in [6.45, 7) is 6.76. The lowest BCUT2D eigenvalue weighted by molar-refractivity contribution is -0.128. The van der Waals surface area contributed by atoms with E-state index in [-0.39, 0.29) is 17.3 Å². The van der Waals surface area contributed by atoms with Crippen LogP contribution < -0.4 is 4.72 Å². The lowest BCUT2D eigenvalue weighted by atomic mass is 10.2. The molecule has 0 saturated carbocycles. The molecule has 0 atom stereocenters. The average Bonchev–Trinajstić information content (AvgIpc) is 2.45. The molecule has 124 valence electrons. The van der Waals surface area contributed by atoms with E-state index in [0.717, 1.165) is 24.8 Å². The number of benzene rings is 1. The maximum absolute atomic E-state index is 12.2. The van der Waals surface area contributed by atoms with E-state index in [4.69, 9.17) is 0 Å². The Bertz CT molecular complexity index is 585. The van der Waals surface area contributed by atoms with Crippen LogP contribution in [0.1, 0.15) is 38.7 Å². The van der Waals surface area contributed by atoms with Crippen molar-refractivity contribution >= 4 is 15.9 Å². The third-order valence-corrected chi connectivity index (χ3v) is 4.91. The highest BCUT2D eigenvalue weighted by Gasteiger charge is 2.15. The van der Waals surface area contributed by atoms with E-state index in [1.54, 1.807) is 23.1 Å². The Hall–Kier alpha value is -1.40. The predicted octanol–water partition coefficient (Wildman–Crippen LogP) is 2.31. The molecule has 0 fully saturated rings. The van der Waals surface area contributed by atoms with Gasteiger partial charge in [0, 0.05) is 26.6 Å². The van der Waals surface area contributed by atoms with Crippen LogP contribution in [0, 0.1) is 6.92 Å². The van der Waals surface area contributed by atoms with Crippen LogP contribution in [0.25, 0.3) is 0 Å². The first-order chi connectivity index (χ1) is 10.4. The van der Waals surface area contributed by atoms with Gasteiger partial charge < -0.3 is 4.90 Å². The fourth-order valence-electron chi connectivity index (χ4n) is 2.16. The zero-order valence-corrected chi connectivity index (χ0v) is 14.4. The van der Waals surface area contributed by atoms with Crippen molar-refractivity contribution in [2.75, 3.05) is 19.6 Å². The molecular weight excluding hydrogens is 300 g/mol. The van der Waals surface area contributed by atoms with Crippen LogP contribution in [-0.4, -0.2) is 38.9 Å². The SMILES string of the molecule is CCCCCN(CCNS(=O)(=O)c1cccc(C)c1)C(C)=O. The summed E-state index contributed by atoms with van der Waals surface area (Å²) in [7, 11) is -3.52. The summed E-state index contributed by atoms with van der Waals surface area (Å²) in [6.07, 6.45) is 3.10. The van der Waals surface area contributed by atoms with Gasteiger partial charge in [0.1, 0.15) is 0 Å². The molecule has 0 radical (unpaired) electrons. The average molecular weight is 326 g/mol. The molecule has 22 heavy (non-hydrogen) atoms. The number of carbonyl (C=O) groups excluding carboxylic acids is 1. The summed E-state index contributed by atoms with van der Waals surface area (Å²) in [5.41, 5.74) is 0.896. The number of amides is 1. The molecule has 0 bridgehead atoms. The molecule has 0 aliphatic carbocycles. The van der Waals surface area contributed by atoms with Crippen LogP contribution >= 0.6 is 0 Å². The Labute approximate surface area is 133 Å². The quantitative estimate of drug-likeness (QED) is 0.708. The maximum Gasteiger partial charge on any atom is 0.240 e. The Morgan fingerprint density at radius 1 is 1.23 bits per heavy atom. The van der Waals surface area contributed by atoms with Crippen LogP contribution in [0.5, 0.6) is 0 Å². The lowest BCUT2D eigenvalue weighted by Crippen LogP contribution is -2.38. The number of hydrogen-bond acceptors (Lipinski definition) is 3. The number of carbonyl (C=O) groups is 1. The molecule has 1 aromatic rings. The van der Waals surface area contributed by atoms with E-state index in [1.807, 2.05) is 13.0 Å². The molecule has 0 heterocycles. The third-order valence-electron chi connectivity index (χ3n) is 3.45. The first-order valence-electron chi connectivity index (χ1n) is 7.68. The summed E-state index contributed by atoms with van der Waals surface area (Å²) >= 11 is 0. The van der Waals surface area contributed by atoms with Gasteiger partial charge in [0.2, 0.25) is 15.9 Å². The summed E-state index contributed by atoms with van der Waals surface area (Å²) in [5, 5.41) is 0. The number of nitrogens with one attached hydrogen (secondary N) is 1. The van der Waals surface area contributed by atoms with E-state index >= 15 is 0 Å². The maximum atomic E-state index is 12.2. The molecule has 1 aromatic carbocycles. The minimum atomic E-state index is -3.52. The normalized spacial score (nSPS) is 11.4. The topological polar surface area (TPSA) is 66.5 Å². The molecule has 1 N–H and O–H groups in total.